The summed E-state index contributed by atoms with van der Waals surface area (Å²) in [5.41, 5.74) is -0.448. The number of pyridine rings is 2. The highest BCUT2D eigenvalue weighted by Crippen LogP contribution is 2.40. The summed E-state index contributed by atoms with van der Waals surface area (Å²) in [6, 6.07) is 10.3. The Balaban J connectivity index is 1.69. The Hall–Kier alpha value is -4.37. The van der Waals surface area contributed by atoms with Crippen LogP contribution in [0.25, 0.3) is 22.2 Å². The van der Waals surface area contributed by atoms with Gasteiger partial charge >= 0.3 is 6.18 Å². The van der Waals surface area contributed by atoms with Gasteiger partial charge in [0.1, 0.15) is 11.3 Å². The Labute approximate surface area is 219 Å². The lowest BCUT2D eigenvalue weighted by atomic mass is 9.88. The number of nitriles is 1. The van der Waals surface area contributed by atoms with Crippen LogP contribution < -0.4 is 10.3 Å². The molecule has 0 amide bonds. The molecular formula is C27H21F4N5O3. The van der Waals surface area contributed by atoms with Crippen LogP contribution in [0, 0.1) is 17.1 Å². The van der Waals surface area contributed by atoms with Crippen molar-refractivity contribution in [2.45, 2.75) is 31.0 Å². The fraction of sp³-hybridized carbons (Fsp3) is 0.296. The molecular weight excluding hydrogens is 518 g/mol. The summed E-state index contributed by atoms with van der Waals surface area (Å²) in [4.78, 5) is 25.6. The van der Waals surface area contributed by atoms with Crippen LogP contribution in [0.3, 0.4) is 0 Å². The van der Waals surface area contributed by atoms with Crippen molar-refractivity contribution in [1.82, 2.24) is 19.5 Å². The van der Waals surface area contributed by atoms with Gasteiger partial charge in [-0.25, -0.2) is 14.4 Å². The Morgan fingerprint density at radius 3 is 2.67 bits per heavy atom. The number of rotatable bonds is 4. The van der Waals surface area contributed by atoms with E-state index in [9.17, 15) is 18.0 Å². The monoisotopic (exact) mass is 539 g/mol. The zero-order chi connectivity index (χ0) is 27.9. The molecule has 2 atom stereocenters. The summed E-state index contributed by atoms with van der Waals surface area (Å²) in [5.74, 6) is -2.15. The second kappa shape index (κ2) is 10.1. The van der Waals surface area contributed by atoms with Gasteiger partial charge in [-0.15, -0.1) is 0 Å². The van der Waals surface area contributed by atoms with Crippen molar-refractivity contribution in [3.8, 4) is 23.2 Å². The maximum absolute atomic E-state index is 15.1. The van der Waals surface area contributed by atoms with Crippen LogP contribution in [0.5, 0.6) is 5.88 Å². The average Bonchev–Trinajstić information content (AvgIpc) is 2.94. The molecule has 39 heavy (non-hydrogen) atoms. The Bertz CT molecular complexity index is 1680. The van der Waals surface area contributed by atoms with Crippen LogP contribution in [0.2, 0.25) is 0 Å². The van der Waals surface area contributed by atoms with Crippen molar-refractivity contribution in [3.63, 3.8) is 0 Å². The second-order valence-electron chi connectivity index (χ2n) is 9.11. The third-order valence-corrected chi connectivity index (χ3v) is 6.73. The zero-order valence-electron chi connectivity index (χ0n) is 20.8. The van der Waals surface area contributed by atoms with Gasteiger partial charge < -0.3 is 9.47 Å². The van der Waals surface area contributed by atoms with Gasteiger partial charge in [0.05, 0.1) is 35.9 Å². The van der Waals surface area contributed by atoms with Crippen molar-refractivity contribution >= 4 is 10.9 Å². The Kier molecular flexibility index (Phi) is 6.78. The molecule has 1 saturated heterocycles. The molecule has 4 heterocycles. The first kappa shape index (κ1) is 26.2. The molecule has 1 fully saturated rings. The normalized spacial score (nSPS) is 17.7. The molecule has 0 saturated carbocycles. The minimum Gasteiger partial charge on any atom is -0.481 e. The molecule has 1 aliphatic heterocycles. The maximum Gasteiger partial charge on any atom is 0.449 e. The van der Waals surface area contributed by atoms with Gasteiger partial charge in [-0.3, -0.25) is 14.3 Å². The largest absolute Gasteiger partial charge is 0.481 e. The molecule has 1 aromatic carbocycles. The quantitative estimate of drug-likeness (QED) is 0.334. The molecule has 0 radical (unpaired) electrons. The van der Waals surface area contributed by atoms with Crippen molar-refractivity contribution in [3.05, 3.63) is 81.4 Å². The average molecular weight is 539 g/mol. The SMILES string of the molecule is COc1cc([C@H]2C[C@H](c3cc4c(=O)n(C)c(C(F)(F)F)nc4c(-c4ccc(C#N)cc4F)n3)CCO2)ccn1. The predicted molar refractivity (Wildman–Crippen MR) is 131 cm³/mol. The number of benzene rings is 1. The molecule has 5 rings (SSSR count). The summed E-state index contributed by atoms with van der Waals surface area (Å²) < 4.78 is 67.9. The zero-order valence-corrected chi connectivity index (χ0v) is 20.8. The first-order chi connectivity index (χ1) is 18.6. The van der Waals surface area contributed by atoms with Gasteiger partial charge in [0.15, 0.2) is 0 Å². The number of hydrogen-bond acceptors (Lipinski definition) is 7. The first-order valence-corrected chi connectivity index (χ1v) is 11.9. The van der Waals surface area contributed by atoms with E-state index in [2.05, 4.69) is 15.0 Å². The minimum absolute atomic E-state index is 0.0246. The van der Waals surface area contributed by atoms with Crippen LogP contribution in [0.15, 0.2) is 47.4 Å². The molecule has 0 aliphatic carbocycles. The smallest absolute Gasteiger partial charge is 0.449 e. The molecule has 0 unspecified atom stereocenters. The first-order valence-electron chi connectivity index (χ1n) is 11.9. The van der Waals surface area contributed by atoms with Gasteiger partial charge in [0, 0.05) is 43.1 Å². The van der Waals surface area contributed by atoms with Crippen LogP contribution in [-0.4, -0.2) is 33.2 Å². The van der Waals surface area contributed by atoms with Gasteiger partial charge in [0.2, 0.25) is 11.7 Å². The van der Waals surface area contributed by atoms with Crippen molar-refractivity contribution in [2.24, 2.45) is 7.05 Å². The van der Waals surface area contributed by atoms with E-state index in [4.69, 9.17) is 14.7 Å². The number of hydrogen-bond donors (Lipinski definition) is 0. The summed E-state index contributed by atoms with van der Waals surface area (Å²) in [6.45, 7) is 0.351. The summed E-state index contributed by atoms with van der Waals surface area (Å²) in [7, 11) is 2.49. The molecule has 0 N–H and O–H groups in total. The minimum atomic E-state index is -4.93. The summed E-state index contributed by atoms with van der Waals surface area (Å²) in [5, 5.41) is 8.99. The lowest BCUT2D eigenvalue weighted by Crippen LogP contribution is -2.28. The number of aromatic nitrogens is 4. The second-order valence-corrected chi connectivity index (χ2v) is 9.11. The third-order valence-electron chi connectivity index (χ3n) is 6.73. The number of halogens is 4. The van der Waals surface area contributed by atoms with Crippen LogP contribution in [0.1, 0.15) is 47.5 Å². The molecule has 0 bridgehead atoms. The number of ether oxygens (including phenoxy) is 2. The molecule has 4 aromatic rings. The van der Waals surface area contributed by atoms with Gasteiger partial charge in [0.25, 0.3) is 5.56 Å². The maximum atomic E-state index is 15.1. The van der Waals surface area contributed by atoms with E-state index in [0.29, 0.717) is 35.6 Å². The molecule has 0 spiro atoms. The standard InChI is InChI=1S/C27H21F4N5O3/c1-36-25(37)18-12-20(15-6-8-39-21(10-15)16-5-7-33-22(11-16)38-2)34-23(24(18)35-26(36)27(29,30)31)17-4-3-14(13-32)9-19(17)28/h3-5,7,9,11-12,15,21H,6,8,10H2,1-2H3/t15-,21-/m1/s1. The van der Waals surface area contributed by atoms with E-state index in [1.165, 1.54) is 25.3 Å². The molecule has 3 aromatic heterocycles. The van der Waals surface area contributed by atoms with E-state index >= 15 is 4.39 Å². The highest BCUT2D eigenvalue weighted by atomic mass is 19.4. The van der Waals surface area contributed by atoms with Crippen LogP contribution >= 0.6 is 0 Å². The van der Waals surface area contributed by atoms with E-state index in [1.54, 1.807) is 18.3 Å². The highest BCUT2D eigenvalue weighted by molar-refractivity contribution is 5.91. The predicted octanol–water partition coefficient (Wildman–Crippen LogP) is 5.06. The van der Waals surface area contributed by atoms with Crippen molar-refractivity contribution in [1.29, 1.82) is 5.26 Å². The number of fused-ring (bicyclic) bond motifs is 1. The van der Waals surface area contributed by atoms with Crippen LogP contribution in [-0.2, 0) is 18.0 Å². The fourth-order valence-corrected chi connectivity index (χ4v) is 4.75. The molecule has 200 valence electrons. The summed E-state index contributed by atoms with van der Waals surface area (Å²) >= 11 is 0. The number of methoxy groups -OCH3 is 1. The third kappa shape index (κ3) is 4.93. The molecule has 1 aliphatic rings. The van der Waals surface area contributed by atoms with E-state index in [-0.39, 0.29) is 39.7 Å². The van der Waals surface area contributed by atoms with Crippen LogP contribution in [0.4, 0.5) is 17.6 Å². The molecule has 8 nitrogen and oxygen atoms in total. The lowest BCUT2D eigenvalue weighted by molar-refractivity contribution is -0.147. The molecule has 12 heteroatoms. The summed E-state index contributed by atoms with van der Waals surface area (Å²) in [6.07, 6.45) is -2.74. The van der Waals surface area contributed by atoms with E-state index < -0.39 is 23.4 Å². The van der Waals surface area contributed by atoms with Crippen molar-refractivity contribution < 1.29 is 27.0 Å². The highest BCUT2D eigenvalue weighted by Gasteiger charge is 2.37. The fourth-order valence-electron chi connectivity index (χ4n) is 4.75. The van der Waals surface area contributed by atoms with Gasteiger partial charge in [-0.05, 0) is 48.7 Å². The topological polar surface area (TPSA) is 103 Å². The van der Waals surface area contributed by atoms with E-state index in [0.717, 1.165) is 18.7 Å². The number of alkyl halides is 3. The number of nitrogens with zero attached hydrogens (tertiary/aromatic N) is 5. The Morgan fingerprint density at radius 2 is 1.97 bits per heavy atom. The van der Waals surface area contributed by atoms with E-state index in [1.807, 2.05) is 6.07 Å². The lowest BCUT2D eigenvalue weighted by Gasteiger charge is -2.30. The van der Waals surface area contributed by atoms with Gasteiger partial charge in [-0.2, -0.15) is 18.4 Å². The van der Waals surface area contributed by atoms with Gasteiger partial charge in [-0.1, -0.05) is 0 Å². The van der Waals surface area contributed by atoms with Crippen molar-refractivity contribution in [2.75, 3.05) is 13.7 Å². The Morgan fingerprint density at radius 1 is 1.18 bits per heavy atom.